The average molecular weight is 410 g/mol. The number of alkyl halides is 2. The molecule has 27 heavy (non-hydrogen) atoms. The van der Waals surface area contributed by atoms with Gasteiger partial charge in [0.2, 0.25) is 0 Å². The average Bonchev–Trinajstić information content (AvgIpc) is 3.04. The molecule has 7 nitrogen and oxygen atoms in total. The molecule has 0 bridgehead atoms. The topological polar surface area (TPSA) is 92.3 Å². The number of imidazole rings is 1. The summed E-state index contributed by atoms with van der Waals surface area (Å²) in [4.78, 5) is 11.3. The van der Waals surface area contributed by atoms with Crippen LogP contribution >= 0.6 is 0 Å². The number of aromatic nitrogens is 3. The lowest BCUT2D eigenvalue weighted by molar-refractivity contribution is -0.0497. The normalized spacial score (nSPS) is 11.9. The molecule has 3 rings (SSSR count). The molecule has 2 heterocycles. The monoisotopic (exact) mass is 409 g/mol. The summed E-state index contributed by atoms with van der Waals surface area (Å²) in [6.07, 6.45) is 1.53. The molecule has 0 saturated heterocycles. The molecule has 1 atom stereocenters. The number of aromatic amines is 1. The van der Waals surface area contributed by atoms with E-state index < -0.39 is 17.8 Å². The zero-order valence-corrected chi connectivity index (χ0v) is 14.7. The molecule has 1 aromatic carbocycles. The summed E-state index contributed by atoms with van der Waals surface area (Å²) in [7, 11) is 2.97. The van der Waals surface area contributed by atoms with Crippen LogP contribution in [-0.4, -0.2) is 63.4 Å². The Morgan fingerprint density at radius 2 is 2.00 bits per heavy atom. The first kappa shape index (κ1) is 21.5. The summed E-state index contributed by atoms with van der Waals surface area (Å²) < 4.78 is 52.1. The fourth-order valence-electron chi connectivity index (χ4n) is 2.40. The molecule has 142 valence electrons. The zero-order valence-electron chi connectivity index (χ0n) is 13.9. The van der Waals surface area contributed by atoms with Crippen LogP contribution in [0, 0.1) is 0 Å². The summed E-state index contributed by atoms with van der Waals surface area (Å²) in [6, 6.07) is 5.89. The van der Waals surface area contributed by atoms with Gasteiger partial charge in [-0.25, -0.2) is 0 Å². The minimum Gasteiger partial charge on any atom is -0.609 e. The van der Waals surface area contributed by atoms with Crippen molar-refractivity contribution in [3.8, 4) is 17.2 Å². The van der Waals surface area contributed by atoms with Gasteiger partial charge in [-0.3, -0.25) is 9.97 Å². The summed E-state index contributed by atoms with van der Waals surface area (Å²) in [6.45, 7) is -2.92. The molecule has 0 saturated carbocycles. The Kier molecular flexibility index (Phi) is 7.47. The summed E-state index contributed by atoms with van der Waals surface area (Å²) in [5, 5.41) is 0.195. The fraction of sp³-hybridized carbons (Fsp3) is 0.250. The Morgan fingerprint density at radius 3 is 2.67 bits per heavy atom. The molecule has 0 aliphatic carbocycles. The predicted octanol–water partition coefficient (Wildman–Crippen LogP) is 1.97. The van der Waals surface area contributed by atoms with Crippen LogP contribution in [0.4, 0.5) is 8.78 Å². The Balaban J connectivity index is 0.00000261. The number of hydrogen-bond donors (Lipinski definition) is 1. The van der Waals surface area contributed by atoms with Crippen LogP contribution in [0.2, 0.25) is 0 Å². The van der Waals surface area contributed by atoms with E-state index in [1.807, 2.05) is 0 Å². The lowest BCUT2D eigenvalue weighted by Crippen LogP contribution is -2.10. The van der Waals surface area contributed by atoms with Crippen LogP contribution in [0.5, 0.6) is 17.2 Å². The highest BCUT2D eigenvalue weighted by Gasteiger charge is 2.22. The summed E-state index contributed by atoms with van der Waals surface area (Å²) in [5.41, 5.74) is 1.38. The predicted molar refractivity (Wildman–Crippen MR) is 98.7 cm³/mol. The van der Waals surface area contributed by atoms with Crippen LogP contribution in [0.25, 0.3) is 11.0 Å². The maximum atomic E-state index is 12.6. The van der Waals surface area contributed by atoms with Gasteiger partial charge in [0.1, 0.15) is 11.4 Å². The van der Waals surface area contributed by atoms with Crippen molar-refractivity contribution in [1.29, 1.82) is 0 Å². The third-order valence-electron chi connectivity index (χ3n) is 3.51. The standard InChI is InChI=1S/C16H15F2N3O4S.Mg.2H/c1-23-13-5-6-19-12(14(13)24-2)8-26(22)16-20-10-4-3-9(25-15(17)18)7-11(10)21-16;;;/h3-7,15H,8H2,1-2H3,(H,20,21);;;/t26-;;;/m0.../s1. The Labute approximate surface area is 172 Å². The maximum Gasteiger partial charge on any atom is 0.387 e. The number of ether oxygens (including phenoxy) is 3. The highest BCUT2D eigenvalue weighted by atomic mass is 32.2. The zero-order chi connectivity index (χ0) is 18.7. The van der Waals surface area contributed by atoms with Crippen LogP contribution < -0.4 is 14.2 Å². The molecule has 11 heteroatoms. The number of H-pyrrole nitrogens is 1. The van der Waals surface area contributed by atoms with Crippen LogP contribution in [-0.2, 0) is 16.9 Å². The van der Waals surface area contributed by atoms with Gasteiger partial charge in [-0.15, -0.1) is 0 Å². The largest absolute Gasteiger partial charge is 0.609 e. The fourth-order valence-corrected chi connectivity index (χ4v) is 3.41. The van der Waals surface area contributed by atoms with Gasteiger partial charge in [-0.05, 0) is 12.1 Å². The maximum absolute atomic E-state index is 12.6. The van der Waals surface area contributed by atoms with Gasteiger partial charge < -0.3 is 18.8 Å². The van der Waals surface area contributed by atoms with Gasteiger partial charge in [0.15, 0.2) is 17.3 Å². The molecule has 0 amide bonds. The summed E-state index contributed by atoms with van der Waals surface area (Å²) in [5.74, 6) is 0.908. The Bertz CT molecular complexity index is 913. The minimum absolute atomic E-state index is 0. The number of nitrogens with zero attached hydrogens (tertiary/aromatic N) is 2. The lowest BCUT2D eigenvalue weighted by atomic mass is 10.3. The number of fused-ring (bicyclic) bond motifs is 1. The number of rotatable bonds is 7. The van der Waals surface area contributed by atoms with E-state index in [9.17, 15) is 13.3 Å². The lowest BCUT2D eigenvalue weighted by Gasteiger charge is -2.12. The van der Waals surface area contributed by atoms with E-state index in [1.54, 1.807) is 6.07 Å². The molecule has 0 radical (unpaired) electrons. The molecule has 0 spiro atoms. The van der Waals surface area contributed by atoms with Crippen molar-refractivity contribution >= 4 is 45.3 Å². The van der Waals surface area contributed by atoms with E-state index in [1.165, 1.54) is 38.6 Å². The number of hydrogen-bond acceptors (Lipinski definition) is 6. The first-order valence-corrected chi connectivity index (χ1v) is 8.72. The molecule has 1 N–H and O–H groups in total. The van der Waals surface area contributed by atoms with Crippen LogP contribution in [0.3, 0.4) is 0 Å². The van der Waals surface area contributed by atoms with E-state index in [4.69, 9.17) is 9.47 Å². The van der Waals surface area contributed by atoms with Gasteiger partial charge in [0, 0.05) is 29.5 Å². The second kappa shape index (κ2) is 9.40. The van der Waals surface area contributed by atoms with E-state index >= 15 is 0 Å². The first-order chi connectivity index (χ1) is 12.5. The van der Waals surface area contributed by atoms with E-state index in [-0.39, 0.29) is 39.7 Å². The second-order valence-electron chi connectivity index (χ2n) is 5.08. The van der Waals surface area contributed by atoms with Crippen LogP contribution in [0.15, 0.2) is 35.6 Å². The molecular weight excluding hydrogens is 393 g/mol. The van der Waals surface area contributed by atoms with Gasteiger partial charge in [-0.1, -0.05) is 0 Å². The third-order valence-corrected chi connectivity index (χ3v) is 4.67. The number of nitrogens with one attached hydrogen (secondary N) is 1. The molecule has 0 fully saturated rings. The number of pyridine rings is 1. The van der Waals surface area contributed by atoms with E-state index in [2.05, 4.69) is 19.7 Å². The molecular formula is C16H17F2MgN3O4S. The molecule has 0 aliphatic rings. The van der Waals surface area contributed by atoms with Crippen molar-refractivity contribution in [2.45, 2.75) is 17.5 Å². The van der Waals surface area contributed by atoms with Crippen molar-refractivity contribution < 1.29 is 27.5 Å². The van der Waals surface area contributed by atoms with Crippen molar-refractivity contribution in [1.82, 2.24) is 15.0 Å². The Morgan fingerprint density at radius 1 is 1.22 bits per heavy atom. The second-order valence-corrected chi connectivity index (χ2v) is 6.45. The van der Waals surface area contributed by atoms with Gasteiger partial charge in [0.05, 0.1) is 25.3 Å². The van der Waals surface area contributed by atoms with Gasteiger partial charge in [-0.2, -0.15) is 13.8 Å². The number of halogens is 2. The van der Waals surface area contributed by atoms with E-state index in [0.717, 1.165) is 0 Å². The molecule has 3 aromatic rings. The number of benzene rings is 1. The summed E-state index contributed by atoms with van der Waals surface area (Å²) >= 11 is -1.56. The SMILES string of the molecule is COc1ccnc(C[S@+]([O-])c2nc3ccc(OC(F)F)cc3[nH]2)c1OC.[MgH2]. The Hall–Kier alpha value is -1.82. The van der Waals surface area contributed by atoms with Crippen molar-refractivity contribution in [3.05, 3.63) is 36.2 Å². The molecule has 0 unspecified atom stereocenters. The first-order valence-electron chi connectivity index (χ1n) is 7.40. The van der Waals surface area contributed by atoms with Crippen LogP contribution in [0.1, 0.15) is 5.69 Å². The molecule has 0 aliphatic heterocycles. The highest BCUT2D eigenvalue weighted by Crippen LogP contribution is 2.31. The quantitative estimate of drug-likeness (QED) is 0.474. The smallest absolute Gasteiger partial charge is 0.387 e. The third kappa shape index (κ3) is 4.92. The minimum atomic E-state index is -2.92. The van der Waals surface area contributed by atoms with E-state index in [0.29, 0.717) is 28.2 Å². The van der Waals surface area contributed by atoms with Crippen molar-refractivity contribution in [2.24, 2.45) is 0 Å². The molecule has 2 aromatic heterocycles. The van der Waals surface area contributed by atoms with Gasteiger partial charge >= 0.3 is 34.8 Å². The van der Waals surface area contributed by atoms with Gasteiger partial charge in [0.25, 0.3) is 0 Å². The van der Waals surface area contributed by atoms with Crippen molar-refractivity contribution in [2.75, 3.05) is 14.2 Å². The van der Waals surface area contributed by atoms with Crippen molar-refractivity contribution in [3.63, 3.8) is 0 Å². The number of methoxy groups -OCH3 is 2. The highest BCUT2D eigenvalue weighted by molar-refractivity contribution is 7.90.